The third kappa shape index (κ3) is 6.01. The highest BCUT2D eigenvalue weighted by atomic mass is 16.5. The molecule has 0 saturated carbocycles. The van der Waals surface area contributed by atoms with Gasteiger partial charge in [-0.2, -0.15) is 0 Å². The van der Waals surface area contributed by atoms with E-state index in [4.69, 9.17) is 4.74 Å². The van der Waals surface area contributed by atoms with E-state index in [1.54, 1.807) is 0 Å². The smallest absolute Gasteiger partial charge is 0.321 e. The van der Waals surface area contributed by atoms with Crippen molar-refractivity contribution < 1.29 is 24.5 Å². The van der Waals surface area contributed by atoms with Crippen LogP contribution < -0.4 is 10.1 Å². The van der Waals surface area contributed by atoms with Crippen molar-refractivity contribution in [1.82, 2.24) is 5.32 Å². The molecule has 0 aromatic heterocycles. The number of carbonyl (C=O) groups is 2. The first-order chi connectivity index (χ1) is 17.4. The summed E-state index contributed by atoms with van der Waals surface area (Å²) in [5.74, 6) is -2.02. The summed E-state index contributed by atoms with van der Waals surface area (Å²) < 4.78 is 6.14. The zero-order valence-electron chi connectivity index (χ0n) is 20.0. The Morgan fingerprint density at radius 2 is 1.58 bits per heavy atom. The van der Waals surface area contributed by atoms with Crippen LogP contribution in [-0.4, -0.2) is 41.3 Å². The average molecular weight is 486 g/mol. The van der Waals surface area contributed by atoms with Gasteiger partial charge in [0, 0.05) is 24.3 Å². The Kier molecular flexibility index (Phi) is 8.18. The van der Waals surface area contributed by atoms with Crippen molar-refractivity contribution in [1.29, 1.82) is 0 Å². The van der Waals surface area contributed by atoms with E-state index in [1.165, 1.54) is 11.1 Å². The highest BCUT2D eigenvalue weighted by molar-refractivity contribution is 5.78. The maximum atomic E-state index is 11.6. The number of carboxylic acids is 2. The molecule has 3 N–H and O–H groups in total. The lowest BCUT2D eigenvalue weighted by atomic mass is 9.81. The number of benzene rings is 3. The quantitative estimate of drug-likeness (QED) is 0.351. The van der Waals surface area contributed by atoms with E-state index in [0.717, 1.165) is 17.6 Å². The van der Waals surface area contributed by atoms with Crippen LogP contribution in [0.25, 0.3) is 5.57 Å². The summed E-state index contributed by atoms with van der Waals surface area (Å²) in [6, 6.07) is 27.4. The van der Waals surface area contributed by atoms with E-state index in [9.17, 15) is 19.8 Å². The molecule has 0 radical (unpaired) electrons. The van der Waals surface area contributed by atoms with E-state index in [2.05, 4.69) is 36.2 Å². The van der Waals surface area contributed by atoms with Gasteiger partial charge < -0.3 is 20.3 Å². The molecule has 6 heteroatoms. The van der Waals surface area contributed by atoms with E-state index >= 15 is 0 Å². The summed E-state index contributed by atoms with van der Waals surface area (Å²) >= 11 is 0. The average Bonchev–Trinajstić information content (AvgIpc) is 3.30. The molecule has 0 bridgehead atoms. The van der Waals surface area contributed by atoms with Gasteiger partial charge in [-0.25, -0.2) is 0 Å². The molecule has 4 rings (SSSR count). The van der Waals surface area contributed by atoms with Crippen LogP contribution in [-0.2, 0) is 9.59 Å². The summed E-state index contributed by atoms with van der Waals surface area (Å²) in [6.45, 7) is 5.09. The fourth-order valence-electron chi connectivity index (χ4n) is 5.09. The molecule has 36 heavy (non-hydrogen) atoms. The van der Waals surface area contributed by atoms with Crippen LogP contribution >= 0.6 is 0 Å². The van der Waals surface area contributed by atoms with Crippen LogP contribution in [0.5, 0.6) is 5.75 Å². The van der Waals surface area contributed by atoms with E-state index in [-0.39, 0.29) is 18.3 Å². The number of carboxylic acid groups (broad SMARTS) is 2. The Bertz CT molecular complexity index is 1150. The van der Waals surface area contributed by atoms with Crippen LogP contribution in [0.15, 0.2) is 91.5 Å². The molecular weight excluding hydrogens is 454 g/mol. The number of hydrogen-bond donors (Lipinski definition) is 3. The molecule has 3 atom stereocenters. The zero-order chi connectivity index (χ0) is 25.5. The fourth-order valence-corrected chi connectivity index (χ4v) is 5.09. The molecule has 0 spiro atoms. The molecular formula is C30H31NO5. The van der Waals surface area contributed by atoms with Crippen molar-refractivity contribution in [2.45, 2.75) is 24.8 Å². The largest absolute Gasteiger partial charge is 0.494 e. The van der Waals surface area contributed by atoms with Gasteiger partial charge in [0.05, 0.1) is 13.0 Å². The highest BCUT2D eigenvalue weighted by Gasteiger charge is 2.42. The molecule has 0 aliphatic carbocycles. The Labute approximate surface area is 211 Å². The SMILES string of the molecule is C=C(c1cccc(OCCC(c2ccccc2)c2ccccc2)c1)[C@@H]1CN[C@@H](C(=O)O)[C@@H]1CC(=O)O. The van der Waals surface area contributed by atoms with Crippen LogP contribution in [0, 0.1) is 11.8 Å². The Hall–Kier alpha value is -3.90. The standard InChI is InChI=1S/C30H31NO5/c1-20(27-19-31-29(30(34)35)26(27)18-28(32)33)23-13-8-14-24(17-23)36-16-15-25(21-9-4-2-5-10-21)22-11-6-3-7-12-22/h2-14,17,25-27,29,31H,1,15-16,18-19H2,(H,32,33)(H,34,35)/t26-,27+,29-/m1/s1. The predicted molar refractivity (Wildman–Crippen MR) is 139 cm³/mol. The topological polar surface area (TPSA) is 95.9 Å². The molecule has 186 valence electrons. The summed E-state index contributed by atoms with van der Waals surface area (Å²) in [5.41, 5.74) is 4.01. The van der Waals surface area contributed by atoms with E-state index < -0.39 is 23.9 Å². The first-order valence-corrected chi connectivity index (χ1v) is 12.1. The van der Waals surface area contributed by atoms with Crippen molar-refractivity contribution in [3.63, 3.8) is 0 Å². The summed E-state index contributed by atoms with van der Waals surface area (Å²) in [4.78, 5) is 23.0. The first kappa shape index (κ1) is 25.2. The normalized spacial score (nSPS) is 19.2. The Morgan fingerprint density at radius 1 is 0.944 bits per heavy atom. The minimum Gasteiger partial charge on any atom is -0.494 e. The lowest BCUT2D eigenvalue weighted by molar-refractivity contribution is -0.142. The number of hydrogen-bond acceptors (Lipinski definition) is 4. The van der Waals surface area contributed by atoms with Gasteiger partial charge in [0.25, 0.3) is 0 Å². The number of rotatable bonds is 11. The molecule has 6 nitrogen and oxygen atoms in total. The van der Waals surface area contributed by atoms with Crippen LogP contribution in [0.1, 0.15) is 35.4 Å². The van der Waals surface area contributed by atoms with Crippen LogP contribution in [0.2, 0.25) is 0 Å². The van der Waals surface area contributed by atoms with Crippen LogP contribution in [0.3, 0.4) is 0 Å². The van der Waals surface area contributed by atoms with Gasteiger partial charge >= 0.3 is 11.9 Å². The molecule has 1 heterocycles. The van der Waals surface area contributed by atoms with Crippen LogP contribution in [0.4, 0.5) is 0 Å². The number of nitrogens with one attached hydrogen (secondary N) is 1. The van der Waals surface area contributed by atoms with Crippen molar-refractivity contribution in [3.05, 3.63) is 108 Å². The second-order valence-corrected chi connectivity index (χ2v) is 9.16. The van der Waals surface area contributed by atoms with Gasteiger partial charge in [0.15, 0.2) is 0 Å². The molecule has 3 aromatic carbocycles. The highest BCUT2D eigenvalue weighted by Crippen LogP contribution is 2.37. The second-order valence-electron chi connectivity index (χ2n) is 9.16. The lowest BCUT2D eigenvalue weighted by Gasteiger charge is -2.22. The van der Waals surface area contributed by atoms with Gasteiger partial charge in [0.1, 0.15) is 11.8 Å². The zero-order valence-corrected chi connectivity index (χ0v) is 20.0. The van der Waals surface area contributed by atoms with Gasteiger partial charge in [-0.1, -0.05) is 79.4 Å². The fraction of sp³-hybridized carbons (Fsp3) is 0.267. The lowest BCUT2D eigenvalue weighted by Crippen LogP contribution is -2.36. The molecule has 1 saturated heterocycles. The number of aliphatic carboxylic acids is 2. The third-order valence-electron chi connectivity index (χ3n) is 6.91. The summed E-state index contributed by atoms with van der Waals surface area (Å²) in [5, 5.41) is 21.8. The minimum absolute atomic E-state index is 0.208. The minimum atomic E-state index is -1.04. The van der Waals surface area contributed by atoms with Crippen molar-refractivity contribution >= 4 is 17.5 Å². The number of ether oxygens (including phenoxy) is 1. The third-order valence-corrected chi connectivity index (χ3v) is 6.91. The predicted octanol–water partition coefficient (Wildman–Crippen LogP) is 5.06. The molecule has 1 fully saturated rings. The summed E-state index contributed by atoms with van der Waals surface area (Å²) in [7, 11) is 0. The first-order valence-electron chi connectivity index (χ1n) is 12.1. The van der Waals surface area contributed by atoms with Gasteiger partial charge in [-0.3, -0.25) is 9.59 Å². The Morgan fingerprint density at radius 3 is 2.17 bits per heavy atom. The Balaban J connectivity index is 1.45. The van der Waals surface area contributed by atoms with Crippen molar-refractivity contribution in [3.8, 4) is 5.75 Å². The van der Waals surface area contributed by atoms with Crippen molar-refractivity contribution in [2.75, 3.05) is 13.2 Å². The molecule has 0 unspecified atom stereocenters. The second kappa shape index (κ2) is 11.7. The molecule has 1 aliphatic heterocycles. The summed E-state index contributed by atoms with van der Waals surface area (Å²) in [6.07, 6.45) is 0.566. The van der Waals surface area contributed by atoms with Gasteiger partial charge in [-0.05, 0) is 40.8 Å². The molecule has 1 aliphatic rings. The van der Waals surface area contributed by atoms with E-state index in [0.29, 0.717) is 18.9 Å². The van der Waals surface area contributed by atoms with E-state index in [1.807, 2.05) is 60.7 Å². The maximum Gasteiger partial charge on any atom is 0.321 e. The molecule has 3 aromatic rings. The monoisotopic (exact) mass is 485 g/mol. The van der Waals surface area contributed by atoms with Gasteiger partial charge in [-0.15, -0.1) is 0 Å². The van der Waals surface area contributed by atoms with Crippen molar-refractivity contribution in [2.24, 2.45) is 11.8 Å². The maximum absolute atomic E-state index is 11.6. The molecule has 0 amide bonds. The van der Waals surface area contributed by atoms with Gasteiger partial charge in [0.2, 0.25) is 0 Å².